The molecule has 0 saturated carbocycles. The van der Waals surface area contributed by atoms with Crippen LogP contribution < -0.4 is 5.32 Å². The fraction of sp³-hybridized carbons (Fsp3) is 0. The van der Waals surface area contributed by atoms with Crippen LogP contribution in [-0.2, 0) is 0 Å². The van der Waals surface area contributed by atoms with E-state index < -0.39 is 0 Å². The molecule has 1 N–H and O–H groups in total. The summed E-state index contributed by atoms with van der Waals surface area (Å²) in [4.78, 5) is 4.57. The molecule has 1 aromatic heterocycles. The van der Waals surface area contributed by atoms with Gasteiger partial charge in [-0.2, -0.15) is 0 Å². The summed E-state index contributed by atoms with van der Waals surface area (Å²) in [6.45, 7) is 0. The zero-order valence-corrected chi connectivity index (χ0v) is 13.7. The van der Waals surface area contributed by atoms with Crippen molar-refractivity contribution in [3.8, 4) is 0 Å². The number of anilines is 2. The SMILES string of the molecule is Brc1ccc2sc(Nc3ccc(I)cc3)nc2c1. The van der Waals surface area contributed by atoms with E-state index in [2.05, 4.69) is 79.2 Å². The number of nitrogens with one attached hydrogen (secondary N) is 1. The standard InChI is InChI=1S/C13H8BrIN2S/c14-8-1-6-12-11(7-8)17-13(18-12)16-10-4-2-9(15)3-5-10/h1-7H,(H,16,17). The molecule has 90 valence electrons. The minimum absolute atomic E-state index is 0.921. The van der Waals surface area contributed by atoms with Crippen LogP contribution in [0.3, 0.4) is 0 Å². The first-order valence-corrected chi connectivity index (χ1v) is 7.98. The van der Waals surface area contributed by atoms with E-state index in [0.29, 0.717) is 0 Å². The second-order valence-corrected chi connectivity index (χ2v) is 6.95. The van der Waals surface area contributed by atoms with Crippen molar-refractivity contribution < 1.29 is 0 Å². The van der Waals surface area contributed by atoms with Crippen molar-refractivity contribution in [3.63, 3.8) is 0 Å². The summed E-state index contributed by atoms with van der Waals surface area (Å²) >= 11 is 7.42. The first-order chi connectivity index (χ1) is 8.70. The van der Waals surface area contributed by atoms with Gasteiger partial charge in [0.25, 0.3) is 0 Å². The summed E-state index contributed by atoms with van der Waals surface area (Å²) < 4.78 is 3.47. The second kappa shape index (κ2) is 5.14. The number of rotatable bonds is 2. The lowest BCUT2D eigenvalue weighted by atomic mass is 10.3. The Hall–Kier alpha value is -0.660. The largest absolute Gasteiger partial charge is 0.332 e. The molecule has 0 unspecified atom stereocenters. The maximum Gasteiger partial charge on any atom is 0.188 e. The molecule has 0 atom stereocenters. The Morgan fingerprint density at radius 3 is 2.67 bits per heavy atom. The van der Waals surface area contributed by atoms with Crippen LogP contribution in [0.1, 0.15) is 0 Å². The first kappa shape index (κ1) is 12.4. The molecule has 0 bridgehead atoms. The molecule has 2 nitrogen and oxygen atoms in total. The summed E-state index contributed by atoms with van der Waals surface area (Å²) in [6, 6.07) is 14.4. The highest BCUT2D eigenvalue weighted by Gasteiger charge is 2.04. The van der Waals surface area contributed by atoms with Crippen molar-refractivity contribution >= 4 is 70.9 Å². The molecule has 0 aliphatic carbocycles. The average Bonchev–Trinajstić information content (AvgIpc) is 2.73. The predicted octanol–water partition coefficient (Wildman–Crippen LogP) is 5.41. The normalized spacial score (nSPS) is 10.8. The molecule has 0 amide bonds. The molecule has 2 aromatic carbocycles. The van der Waals surface area contributed by atoms with Crippen molar-refractivity contribution in [2.24, 2.45) is 0 Å². The molecule has 0 saturated heterocycles. The molecule has 18 heavy (non-hydrogen) atoms. The average molecular weight is 431 g/mol. The zero-order chi connectivity index (χ0) is 12.5. The van der Waals surface area contributed by atoms with Crippen LogP contribution in [-0.4, -0.2) is 4.98 Å². The van der Waals surface area contributed by atoms with E-state index in [1.54, 1.807) is 11.3 Å². The highest BCUT2D eigenvalue weighted by Crippen LogP contribution is 2.30. The van der Waals surface area contributed by atoms with Gasteiger partial charge >= 0.3 is 0 Å². The molecule has 5 heteroatoms. The van der Waals surface area contributed by atoms with Crippen molar-refractivity contribution in [3.05, 3.63) is 50.5 Å². The van der Waals surface area contributed by atoms with E-state index in [4.69, 9.17) is 0 Å². The molecular weight excluding hydrogens is 423 g/mol. The maximum absolute atomic E-state index is 4.57. The lowest BCUT2D eigenvalue weighted by Crippen LogP contribution is -1.88. The van der Waals surface area contributed by atoms with Crippen LogP contribution in [0.25, 0.3) is 10.2 Å². The van der Waals surface area contributed by atoms with E-state index in [0.717, 1.165) is 20.8 Å². The molecule has 3 aromatic rings. The Balaban J connectivity index is 1.92. The topological polar surface area (TPSA) is 24.9 Å². The van der Waals surface area contributed by atoms with Crippen LogP contribution >= 0.6 is 49.9 Å². The first-order valence-electron chi connectivity index (χ1n) is 5.29. The number of fused-ring (bicyclic) bond motifs is 1. The van der Waals surface area contributed by atoms with Crippen molar-refractivity contribution in [1.29, 1.82) is 0 Å². The molecule has 0 aliphatic rings. The van der Waals surface area contributed by atoms with Gasteiger partial charge in [0.05, 0.1) is 10.2 Å². The minimum atomic E-state index is 0.921. The van der Waals surface area contributed by atoms with Gasteiger partial charge < -0.3 is 5.32 Å². The van der Waals surface area contributed by atoms with Crippen LogP contribution in [0.4, 0.5) is 10.8 Å². The number of benzene rings is 2. The Kier molecular flexibility index (Phi) is 3.54. The van der Waals surface area contributed by atoms with E-state index in [-0.39, 0.29) is 0 Å². The number of hydrogen-bond donors (Lipinski definition) is 1. The van der Waals surface area contributed by atoms with Crippen LogP contribution in [0.15, 0.2) is 46.9 Å². The number of thiazole rings is 1. The van der Waals surface area contributed by atoms with Crippen molar-refractivity contribution in [1.82, 2.24) is 4.98 Å². The van der Waals surface area contributed by atoms with Gasteiger partial charge in [-0.1, -0.05) is 27.3 Å². The molecule has 1 heterocycles. The minimum Gasteiger partial charge on any atom is -0.332 e. The predicted molar refractivity (Wildman–Crippen MR) is 89.8 cm³/mol. The Bertz CT molecular complexity index is 694. The van der Waals surface area contributed by atoms with E-state index >= 15 is 0 Å². The zero-order valence-electron chi connectivity index (χ0n) is 9.15. The molecule has 0 fully saturated rings. The van der Waals surface area contributed by atoms with Gasteiger partial charge in [0.2, 0.25) is 0 Å². The Morgan fingerprint density at radius 1 is 1.11 bits per heavy atom. The summed E-state index contributed by atoms with van der Waals surface area (Å²) in [5.41, 5.74) is 2.08. The second-order valence-electron chi connectivity index (χ2n) is 3.76. The third-order valence-corrected chi connectivity index (χ3v) is 4.61. The van der Waals surface area contributed by atoms with Gasteiger partial charge in [-0.15, -0.1) is 0 Å². The van der Waals surface area contributed by atoms with Gasteiger partial charge in [0.15, 0.2) is 5.13 Å². The van der Waals surface area contributed by atoms with Crippen LogP contribution in [0, 0.1) is 3.57 Å². The Labute approximate surface area is 131 Å². The fourth-order valence-corrected chi connectivity index (χ4v) is 3.19. The highest BCUT2D eigenvalue weighted by atomic mass is 127. The van der Waals surface area contributed by atoms with Gasteiger partial charge in [-0.3, -0.25) is 0 Å². The lowest BCUT2D eigenvalue weighted by molar-refractivity contribution is 1.44. The molecule has 3 rings (SSSR count). The smallest absolute Gasteiger partial charge is 0.188 e. The van der Waals surface area contributed by atoms with Gasteiger partial charge in [0, 0.05) is 13.7 Å². The third-order valence-electron chi connectivity index (χ3n) is 2.45. The molecular formula is C13H8BrIN2S. The maximum atomic E-state index is 4.57. The van der Waals surface area contributed by atoms with E-state index in [1.807, 2.05) is 12.1 Å². The lowest BCUT2D eigenvalue weighted by Gasteiger charge is -2.01. The van der Waals surface area contributed by atoms with Gasteiger partial charge in [-0.05, 0) is 65.1 Å². The number of hydrogen-bond acceptors (Lipinski definition) is 3. The quantitative estimate of drug-likeness (QED) is 0.550. The summed E-state index contributed by atoms with van der Waals surface area (Å²) in [5, 5.41) is 4.25. The van der Waals surface area contributed by atoms with E-state index in [1.165, 1.54) is 8.27 Å². The van der Waals surface area contributed by atoms with Crippen LogP contribution in [0.2, 0.25) is 0 Å². The van der Waals surface area contributed by atoms with Crippen LogP contribution in [0.5, 0.6) is 0 Å². The Morgan fingerprint density at radius 2 is 1.89 bits per heavy atom. The summed E-state index contributed by atoms with van der Waals surface area (Å²) in [5.74, 6) is 0. The molecule has 0 spiro atoms. The molecule has 0 radical (unpaired) electrons. The van der Waals surface area contributed by atoms with Crippen molar-refractivity contribution in [2.75, 3.05) is 5.32 Å². The number of nitrogens with zero attached hydrogens (tertiary/aromatic N) is 1. The molecule has 0 aliphatic heterocycles. The van der Waals surface area contributed by atoms with Crippen molar-refractivity contribution in [2.45, 2.75) is 0 Å². The highest BCUT2D eigenvalue weighted by molar-refractivity contribution is 14.1. The summed E-state index contributed by atoms with van der Waals surface area (Å²) in [6.07, 6.45) is 0. The fourth-order valence-electron chi connectivity index (χ4n) is 1.61. The summed E-state index contributed by atoms with van der Waals surface area (Å²) in [7, 11) is 0. The van der Waals surface area contributed by atoms with E-state index in [9.17, 15) is 0 Å². The number of aromatic nitrogens is 1. The third kappa shape index (κ3) is 2.67. The van der Waals surface area contributed by atoms with Gasteiger partial charge in [0.1, 0.15) is 0 Å². The number of halogens is 2. The monoisotopic (exact) mass is 430 g/mol. The van der Waals surface area contributed by atoms with Gasteiger partial charge in [-0.25, -0.2) is 4.98 Å².